The molecule has 6 heteroatoms. The molecule has 1 aliphatic rings. The zero-order chi connectivity index (χ0) is 16.7. The van der Waals surface area contributed by atoms with Crippen LogP contribution in [0.5, 0.6) is 0 Å². The van der Waals surface area contributed by atoms with Gasteiger partial charge < -0.3 is 5.32 Å². The number of anilines is 1. The number of nitrogens with one attached hydrogen (secondary N) is 1. The first kappa shape index (κ1) is 15.2. The Morgan fingerprint density at radius 3 is 2.79 bits per heavy atom. The van der Waals surface area contributed by atoms with E-state index in [0.717, 1.165) is 28.6 Å². The van der Waals surface area contributed by atoms with Crippen molar-refractivity contribution in [3.05, 3.63) is 34.4 Å². The van der Waals surface area contributed by atoms with E-state index in [2.05, 4.69) is 16.4 Å². The SMILES string of the molecule is CNc1ccc(C#N)c2sc3c(=O)n(C4CCCCC4)cnc3c12. The monoisotopic (exact) mass is 338 g/mol. The van der Waals surface area contributed by atoms with Crippen LogP contribution >= 0.6 is 11.3 Å². The number of fused-ring (bicyclic) bond motifs is 3. The molecule has 0 saturated heterocycles. The standard InChI is InChI=1S/C18H18N4OS/c1-20-13-8-7-11(9-19)16-14(13)15-17(24-16)18(23)22(10-21-15)12-5-3-2-4-6-12/h7-8,10,12,20H,2-6H2,1H3. The van der Waals surface area contributed by atoms with Crippen LogP contribution in [0.4, 0.5) is 5.69 Å². The molecule has 1 aromatic carbocycles. The van der Waals surface area contributed by atoms with E-state index in [4.69, 9.17) is 0 Å². The van der Waals surface area contributed by atoms with Crippen LogP contribution in [-0.2, 0) is 0 Å². The van der Waals surface area contributed by atoms with Crippen molar-refractivity contribution in [3.8, 4) is 6.07 Å². The number of nitrogens with zero attached hydrogens (tertiary/aromatic N) is 3. The molecule has 1 N–H and O–H groups in total. The van der Waals surface area contributed by atoms with E-state index in [1.807, 2.05) is 17.7 Å². The molecule has 0 spiro atoms. The van der Waals surface area contributed by atoms with Crippen molar-refractivity contribution in [1.82, 2.24) is 9.55 Å². The number of hydrogen-bond donors (Lipinski definition) is 1. The second-order valence-corrected chi connectivity index (χ2v) is 7.28. The van der Waals surface area contributed by atoms with E-state index in [-0.39, 0.29) is 11.6 Å². The van der Waals surface area contributed by atoms with Gasteiger partial charge in [-0.15, -0.1) is 11.3 Å². The Hall–Kier alpha value is -2.39. The second kappa shape index (κ2) is 5.91. The minimum atomic E-state index is 0.0269. The number of nitriles is 1. The molecule has 122 valence electrons. The first-order chi connectivity index (χ1) is 11.7. The molecule has 0 unspecified atom stereocenters. The van der Waals surface area contributed by atoms with E-state index in [1.54, 1.807) is 12.4 Å². The van der Waals surface area contributed by atoms with E-state index in [1.165, 1.54) is 30.6 Å². The number of hydrogen-bond acceptors (Lipinski definition) is 5. The summed E-state index contributed by atoms with van der Waals surface area (Å²) in [7, 11) is 1.84. The molecule has 1 aliphatic carbocycles. The van der Waals surface area contributed by atoms with Gasteiger partial charge in [0, 0.05) is 24.2 Å². The lowest BCUT2D eigenvalue weighted by atomic mass is 9.95. The van der Waals surface area contributed by atoms with Crippen LogP contribution in [0.2, 0.25) is 0 Å². The lowest BCUT2D eigenvalue weighted by Gasteiger charge is -2.23. The summed E-state index contributed by atoms with van der Waals surface area (Å²) < 4.78 is 3.30. The van der Waals surface area contributed by atoms with Crippen LogP contribution < -0.4 is 10.9 Å². The fourth-order valence-corrected chi connectivity index (χ4v) is 4.84. The van der Waals surface area contributed by atoms with Crippen molar-refractivity contribution in [2.45, 2.75) is 38.1 Å². The summed E-state index contributed by atoms with van der Waals surface area (Å²) in [5.41, 5.74) is 2.22. The second-order valence-electron chi connectivity index (χ2n) is 6.26. The van der Waals surface area contributed by atoms with Gasteiger partial charge in [0.25, 0.3) is 5.56 Å². The topological polar surface area (TPSA) is 70.7 Å². The Kier molecular flexibility index (Phi) is 3.73. The highest BCUT2D eigenvalue weighted by Gasteiger charge is 2.21. The number of thiophene rings is 1. The minimum absolute atomic E-state index is 0.0269. The van der Waals surface area contributed by atoms with Crippen molar-refractivity contribution in [2.75, 3.05) is 12.4 Å². The predicted octanol–water partition coefficient (Wildman–Crippen LogP) is 4.03. The number of aromatic nitrogens is 2. The zero-order valence-corrected chi connectivity index (χ0v) is 14.3. The maximum atomic E-state index is 13.0. The molecule has 0 radical (unpaired) electrons. The molecule has 1 saturated carbocycles. The average Bonchev–Trinajstić information content (AvgIpc) is 3.03. The van der Waals surface area contributed by atoms with Gasteiger partial charge in [-0.1, -0.05) is 19.3 Å². The average molecular weight is 338 g/mol. The molecule has 2 heterocycles. The highest BCUT2D eigenvalue weighted by molar-refractivity contribution is 7.26. The largest absolute Gasteiger partial charge is 0.388 e. The Labute approximate surface area is 143 Å². The van der Waals surface area contributed by atoms with Crippen LogP contribution in [0, 0.1) is 11.3 Å². The summed E-state index contributed by atoms with van der Waals surface area (Å²) in [6.07, 6.45) is 7.38. The summed E-state index contributed by atoms with van der Waals surface area (Å²) in [5.74, 6) is 0. The molecule has 0 aliphatic heterocycles. The number of rotatable bonds is 2. The quantitative estimate of drug-likeness (QED) is 0.766. The van der Waals surface area contributed by atoms with Gasteiger partial charge in [0.2, 0.25) is 0 Å². The smallest absolute Gasteiger partial charge is 0.271 e. The molecule has 0 atom stereocenters. The van der Waals surface area contributed by atoms with Gasteiger partial charge in [0.05, 0.1) is 22.1 Å². The van der Waals surface area contributed by atoms with Crippen molar-refractivity contribution in [2.24, 2.45) is 0 Å². The highest BCUT2D eigenvalue weighted by Crippen LogP contribution is 2.38. The van der Waals surface area contributed by atoms with Crippen LogP contribution in [-0.4, -0.2) is 16.6 Å². The molecule has 3 aromatic rings. The van der Waals surface area contributed by atoms with Gasteiger partial charge >= 0.3 is 0 Å². The summed E-state index contributed by atoms with van der Waals surface area (Å²) in [6.45, 7) is 0. The van der Waals surface area contributed by atoms with Crippen LogP contribution in [0.15, 0.2) is 23.3 Å². The molecule has 1 fully saturated rings. The predicted molar refractivity (Wildman–Crippen MR) is 97.8 cm³/mol. The Morgan fingerprint density at radius 2 is 2.08 bits per heavy atom. The third-order valence-corrected chi connectivity index (χ3v) is 6.11. The van der Waals surface area contributed by atoms with Gasteiger partial charge in [-0.3, -0.25) is 9.36 Å². The molecule has 2 aromatic heterocycles. The summed E-state index contributed by atoms with van der Waals surface area (Å²) in [6, 6.07) is 6.15. The molecule has 0 amide bonds. The van der Waals surface area contributed by atoms with Crippen LogP contribution in [0.1, 0.15) is 43.7 Å². The molecule has 5 nitrogen and oxygen atoms in total. The fraction of sp³-hybridized carbons (Fsp3) is 0.389. The minimum Gasteiger partial charge on any atom is -0.388 e. The Bertz CT molecular complexity index is 1020. The van der Waals surface area contributed by atoms with E-state index >= 15 is 0 Å². The van der Waals surface area contributed by atoms with Crippen molar-refractivity contribution >= 4 is 37.3 Å². The third-order valence-electron chi connectivity index (χ3n) is 4.91. The van der Waals surface area contributed by atoms with Crippen molar-refractivity contribution in [1.29, 1.82) is 5.26 Å². The number of benzene rings is 1. The zero-order valence-electron chi connectivity index (χ0n) is 13.5. The summed E-state index contributed by atoms with van der Waals surface area (Å²) >= 11 is 1.39. The molecule has 24 heavy (non-hydrogen) atoms. The van der Waals surface area contributed by atoms with Gasteiger partial charge in [-0.25, -0.2) is 4.98 Å². The molecule has 4 rings (SSSR count). The van der Waals surface area contributed by atoms with Gasteiger partial charge in [-0.05, 0) is 25.0 Å². The summed E-state index contributed by atoms with van der Waals surface area (Å²) in [4.78, 5) is 17.6. The van der Waals surface area contributed by atoms with Gasteiger partial charge in [0.1, 0.15) is 10.8 Å². The lowest BCUT2D eigenvalue weighted by Crippen LogP contribution is -2.26. The van der Waals surface area contributed by atoms with Gasteiger partial charge in [0.15, 0.2) is 0 Å². The van der Waals surface area contributed by atoms with E-state index in [9.17, 15) is 10.1 Å². The van der Waals surface area contributed by atoms with E-state index in [0.29, 0.717) is 15.8 Å². The van der Waals surface area contributed by atoms with Crippen LogP contribution in [0.25, 0.3) is 20.3 Å². The van der Waals surface area contributed by atoms with Crippen LogP contribution in [0.3, 0.4) is 0 Å². The Morgan fingerprint density at radius 1 is 1.29 bits per heavy atom. The molecule has 0 bridgehead atoms. The highest BCUT2D eigenvalue weighted by atomic mass is 32.1. The Balaban J connectivity index is 2.01. The van der Waals surface area contributed by atoms with Gasteiger partial charge in [-0.2, -0.15) is 5.26 Å². The third kappa shape index (κ3) is 2.20. The lowest BCUT2D eigenvalue weighted by molar-refractivity contribution is 0.345. The maximum Gasteiger partial charge on any atom is 0.271 e. The molecular formula is C18H18N4OS. The normalized spacial score (nSPS) is 15.7. The van der Waals surface area contributed by atoms with E-state index < -0.39 is 0 Å². The fourth-order valence-electron chi connectivity index (χ4n) is 3.66. The summed E-state index contributed by atoms with van der Waals surface area (Å²) in [5, 5.41) is 13.4. The maximum absolute atomic E-state index is 13.0. The first-order valence-corrected chi connectivity index (χ1v) is 9.10. The van der Waals surface area contributed by atoms with Crippen molar-refractivity contribution in [3.63, 3.8) is 0 Å². The van der Waals surface area contributed by atoms with Crippen molar-refractivity contribution < 1.29 is 0 Å². The first-order valence-electron chi connectivity index (χ1n) is 8.28. The molecular weight excluding hydrogens is 320 g/mol.